The minimum atomic E-state index is -0.0366. The summed E-state index contributed by atoms with van der Waals surface area (Å²) in [5.74, 6) is 0.239. The van der Waals surface area contributed by atoms with Crippen LogP contribution in [-0.2, 0) is 9.53 Å². The number of nitrogens with one attached hydrogen (secondary N) is 1. The highest BCUT2D eigenvalue weighted by Crippen LogP contribution is 2.20. The van der Waals surface area contributed by atoms with Gasteiger partial charge in [0.25, 0.3) is 0 Å². The van der Waals surface area contributed by atoms with E-state index in [9.17, 15) is 4.79 Å². The van der Waals surface area contributed by atoms with Gasteiger partial charge in [-0.05, 0) is 60.4 Å². The van der Waals surface area contributed by atoms with Gasteiger partial charge in [-0.25, -0.2) is 0 Å². The van der Waals surface area contributed by atoms with E-state index in [1.54, 1.807) is 4.68 Å². The van der Waals surface area contributed by atoms with Crippen molar-refractivity contribution in [1.82, 2.24) is 25.5 Å². The maximum absolute atomic E-state index is 12.0. The number of carbonyl (C=O) groups is 1. The first-order valence-electron chi connectivity index (χ1n) is 8.00. The third kappa shape index (κ3) is 4.33. The maximum Gasteiger partial charge on any atom is 0.230 e. The third-order valence-electron chi connectivity index (χ3n) is 3.78. The highest BCUT2D eigenvalue weighted by Gasteiger charge is 2.17. The minimum Gasteiger partial charge on any atom is -0.376 e. The van der Waals surface area contributed by atoms with Crippen molar-refractivity contribution in [3.05, 3.63) is 29.3 Å². The van der Waals surface area contributed by atoms with Gasteiger partial charge < -0.3 is 10.1 Å². The maximum atomic E-state index is 12.0. The molecule has 1 aliphatic rings. The van der Waals surface area contributed by atoms with Crippen molar-refractivity contribution >= 4 is 17.7 Å². The number of rotatable bonds is 6. The highest BCUT2D eigenvalue weighted by atomic mass is 32.2. The van der Waals surface area contributed by atoms with E-state index in [4.69, 9.17) is 4.74 Å². The van der Waals surface area contributed by atoms with Crippen LogP contribution in [0.15, 0.2) is 23.4 Å². The van der Waals surface area contributed by atoms with Crippen molar-refractivity contribution in [1.29, 1.82) is 0 Å². The molecule has 1 saturated heterocycles. The van der Waals surface area contributed by atoms with Crippen LogP contribution < -0.4 is 5.32 Å². The molecule has 0 bridgehead atoms. The summed E-state index contributed by atoms with van der Waals surface area (Å²) >= 11 is 1.32. The molecule has 1 aliphatic heterocycles. The van der Waals surface area contributed by atoms with E-state index in [2.05, 4.69) is 26.9 Å². The SMILES string of the molecule is Cc1cc(C)cc(-n2nnnc2SCC(=O)NC[C@@H]2CCCO2)c1. The summed E-state index contributed by atoms with van der Waals surface area (Å²) in [6, 6.07) is 6.13. The molecular formula is C16H21N5O2S. The second-order valence-corrected chi connectivity index (χ2v) is 6.89. The number of ether oxygens (including phenoxy) is 1. The number of hydrogen-bond acceptors (Lipinski definition) is 6. The zero-order valence-electron chi connectivity index (χ0n) is 13.9. The number of tetrazole rings is 1. The van der Waals surface area contributed by atoms with Gasteiger partial charge in [-0.3, -0.25) is 4.79 Å². The van der Waals surface area contributed by atoms with E-state index in [1.165, 1.54) is 11.8 Å². The third-order valence-corrected chi connectivity index (χ3v) is 4.69. The monoisotopic (exact) mass is 347 g/mol. The van der Waals surface area contributed by atoms with Crippen LogP contribution in [0, 0.1) is 13.8 Å². The van der Waals surface area contributed by atoms with Gasteiger partial charge in [0.05, 0.1) is 17.5 Å². The summed E-state index contributed by atoms with van der Waals surface area (Å²) in [6.07, 6.45) is 2.23. The molecule has 8 heteroatoms. The van der Waals surface area contributed by atoms with Crippen LogP contribution in [0.5, 0.6) is 0 Å². The molecule has 1 amide bonds. The molecule has 2 aromatic rings. The normalized spacial score (nSPS) is 17.2. The largest absolute Gasteiger partial charge is 0.376 e. The molecule has 2 heterocycles. The van der Waals surface area contributed by atoms with Crippen LogP contribution in [0.4, 0.5) is 0 Å². The molecule has 24 heavy (non-hydrogen) atoms. The lowest BCUT2D eigenvalue weighted by atomic mass is 10.1. The lowest BCUT2D eigenvalue weighted by Crippen LogP contribution is -2.32. The van der Waals surface area contributed by atoms with Crippen molar-refractivity contribution in [3.63, 3.8) is 0 Å². The van der Waals surface area contributed by atoms with Gasteiger partial charge in [0, 0.05) is 13.2 Å². The van der Waals surface area contributed by atoms with Crippen molar-refractivity contribution in [2.45, 2.75) is 37.9 Å². The Morgan fingerprint density at radius 3 is 2.88 bits per heavy atom. The molecule has 3 rings (SSSR count). The molecule has 0 saturated carbocycles. The second kappa shape index (κ2) is 7.76. The molecular weight excluding hydrogens is 326 g/mol. The number of carbonyl (C=O) groups excluding carboxylic acids is 1. The van der Waals surface area contributed by atoms with Crippen LogP contribution in [0.2, 0.25) is 0 Å². The molecule has 1 fully saturated rings. The molecule has 0 aliphatic carbocycles. The van der Waals surface area contributed by atoms with Crippen LogP contribution in [0.25, 0.3) is 5.69 Å². The Morgan fingerprint density at radius 2 is 2.17 bits per heavy atom. The molecule has 1 N–H and O–H groups in total. The lowest BCUT2D eigenvalue weighted by Gasteiger charge is -2.10. The molecule has 128 valence electrons. The van der Waals surface area contributed by atoms with Gasteiger partial charge in [0.1, 0.15) is 0 Å². The Bertz CT molecular complexity index is 692. The summed E-state index contributed by atoms with van der Waals surface area (Å²) in [4.78, 5) is 12.0. The summed E-state index contributed by atoms with van der Waals surface area (Å²) in [5, 5.41) is 15.3. The Hall–Kier alpha value is -1.93. The molecule has 1 aromatic carbocycles. The molecule has 1 aromatic heterocycles. The fourth-order valence-electron chi connectivity index (χ4n) is 2.72. The first-order chi connectivity index (χ1) is 11.6. The number of hydrogen-bond donors (Lipinski definition) is 1. The molecule has 1 atom stereocenters. The van der Waals surface area contributed by atoms with E-state index in [1.807, 2.05) is 26.0 Å². The van der Waals surface area contributed by atoms with Gasteiger partial charge in [0.15, 0.2) is 0 Å². The van der Waals surface area contributed by atoms with Crippen molar-refractivity contribution in [3.8, 4) is 5.69 Å². The summed E-state index contributed by atoms with van der Waals surface area (Å²) in [6.45, 7) is 5.43. The molecule has 0 radical (unpaired) electrons. The van der Waals surface area contributed by atoms with Crippen LogP contribution >= 0.6 is 11.8 Å². The number of nitrogens with zero attached hydrogens (tertiary/aromatic N) is 4. The van der Waals surface area contributed by atoms with E-state index < -0.39 is 0 Å². The van der Waals surface area contributed by atoms with Crippen LogP contribution in [-0.4, -0.2) is 51.1 Å². The Kier molecular flexibility index (Phi) is 5.47. The highest BCUT2D eigenvalue weighted by molar-refractivity contribution is 7.99. The zero-order valence-corrected chi connectivity index (χ0v) is 14.7. The quantitative estimate of drug-likeness (QED) is 0.801. The van der Waals surface area contributed by atoms with Gasteiger partial charge in [-0.1, -0.05) is 17.8 Å². The van der Waals surface area contributed by atoms with Gasteiger partial charge in [0.2, 0.25) is 11.1 Å². The van der Waals surface area contributed by atoms with E-state index in [0.29, 0.717) is 11.7 Å². The molecule has 0 unspecified atom stereocenters. The summed E-state index contributed by atoms with van der Waals surface area (Å²) in [7, 11) is 0. The number of amides is 1. The minimum absolute atomic E-state index is 0.0366. The predicted molar refractivity (Wildman–Crippen MR) is 91.3 cm³/mol. The van der Waals surface area contributed by atoms with Gasteiger partial charge in [-0.2, -0.15) is 4.68 Å². The van der Waals surface area contributed by atoms with E-state index >= 15 is 0 Å². The first kappa shape index (κ1) is 16.9. The number of benzene rings is 1. The standard InChI is InChI=1S/C16H21N5O2S/c1-11-6-12(2)8-13(7-11)21-16(18-19-20-21)24-10-15(22)17-9-14-4-3-5-23-14/h6-8,14H,3-5,9-10H2,1-2H3,(H,17,22)/t14-/m0/s1. The van der Waals surface area contributed by atoms with Gasteiger partial charge >= 0.3 is 0 Å². The zero-order chi connectivity index (χ0) is 16.9. The van der Waals surface area contributed by atoms with Crippen LogP contribution in [0.1, 0.15) is 24.0 Å². The Morgan fingerprint density at radius 1 is 1.38 bits per heavy atom. The average molecular weight is 347 g/mol. The summed E-state index contributed by atoms with van der Waals surface area (Å²) in [5.41, 5.74) is 3.19. The van der Waals surface area contributed by atoms with E-state index in [-0.39, 0.29) is 17.8 Å². The Balaban J connectivity index is 1.58. The smallest absolute Gasteiger partial charge is 0.230 e. The van der Waals surface area contributed by atoms with Crippen molar-refractivity contribution < 1.29 is 9.53 Å². The molecule has 7 nitrogen and oxygen atoms in total. The topological polar surface area (TPSA) is 81.9 Å². The lowest BCUT2D eigenvalue weighted by molar-refractivity contribution is -0.119. The van der Waals surface area contributed by atoms with Crippen LogP contribution in [0.3, 0.4) is 0 Å². The second-order valence-electron chi connectivity index (χ2n) is 5.95. The van der Waals surface area contributed by atoms with Gasteiger partial charge in [-0.15, -0.1) is 5.10 Å². The van der Waals surface area contributed by atoms with Crippen molar-refractivity contribution in [2.75, 3.05) is 18.9 Å². The Labute approximate surface area is 145 Å². The number of thioether (sulfide) groups is 1. The number of aryl methyl sites for hydroxylation is 2. The summed E-state index contributed by atoms with van der Waals surface area (Å²) < 4.78 is 7.16. The predicted octanol–water partition coefficient (Wildman–Crippen LogP) is 1.67. The fourth-order valence-corrected chi connectivity index (χ4v) is 3.44. The number of aromatic nitrogens is 4. The van der Waals surface area contributed by atoms with Crippen molar-refractivity contribution in [2.24, 2.45) is 0 Å². The van der Waals surface area contributed by atoms with E-state index in [0.717, 1.165) is 36.3 Å². The average Bonchev–Trinajstić information content (AvgIpc) is 3.21. The first-order valence-corrected chi connectivity index (χ1v) is 8.98. The molecule has 0 spiro atoms. The fraction of sp³-hybridized carbons (Fsp3) is 0.500.